The zero-order valence-corrected chi connectivity index (χ0v) is 16.1. The summed E-state index contributed by atoms with van der Waals surface area (Å²) in [4.78, 5) is 38.0. The molecule has 0 saturated carbocycles. The average molecular weight is 401 g/mol. The van der Waals surface area contributed by atoms with Gasteiger partial charge < -0.3 is 26.7 Å². The summed E-state index contributed by atoms with van der Waals surface area (Å²) in [5.74, 6) is -0.368. The van der Waals surface area contributed by atoms with Crippen molar-refractivity contribution in [2.24, 2.45) is 5.73 Å². The Kier molecular flexibility index (Phi) is 4.81. The Morgan fingerprint density at radius 1 is 1.00 bits per heavy atom. The number of aromatic nitrogens is 1. The molecule has 0 atom stereocenters. The van der Waals surface area contributed by atoms with Gasteiger partial charge in [-0.05, 0) is 53.6 Å². The van der Waals surface area contributed by atoms with E-state index in [2.05, 4.69) is 20.9 Å². The van der Waals surface area contributed by atoms with E-state index < -0.39 is 6.03 Å². The molecule has 0 radical (unpaired) electrons. The van der Waals surface area contributed by atoms with E-state index in [9.17, 15) is 14.4 Å². The third-order valence-electron chi connectivity index (χ3n) is 4.59. The van der Waals surface area contributed by atoms with Crippen molar-refractivity contribution in [2.45, 2.75) is 6.92 Å². The zero-order valence-electron chi connectivity index (χ0n) is 16.1. The highest BCUT2D eigenvalue weighted by Gasteiger charge is 2.24. The van der Waals surface area contributed by atoms with Gasteiger partial charge in [-0.25, -0.2) is 4.79 Å². The molecule has 30 heavy (non-hydrogen) atoms. The number of hydrogen-bond acceptors (Lipinski definition) is 3. The quantitative estimate of drug-likeness (QED) is 0.428. The average Bonchev–Trinajstić information content (AvgIpc) is 3.26. The topological polar surface area (TPSA) is 129 Å². The van der Waals surface area contributed by atoms with Crippen molar-refractivity contribution in [3.05, 3.63) is 66.0 Å². The molecule has 0 spiro atoms. The minimum absolute atomic E-state index is 0.136. The van der Waals surface area contributed by atoms with Crippen LogP contribution in [0.4, 0.5) is 21.9 Å². The lowest BCUT2D eigenvalue weighted by atomic mass is 10.0. The predicted octanol–water partition coefficient (Wildman–Crippen LogP) is 3.62. The molecule has 0 unspecified atom stereocenters. The molecule has 0 fully saturated rings. The van der Waals surface area contributed by atoms with E-state index >= 15 is 0 Å². The number of rotatable bonds is 4. The number of nitrogens with one attached hydrogen (secondary N) is 4. The van der Waals surface area contributed by atoms with E-state index in [1.165, 1.54) is 6.92 Å². The monoisotopic (exact) mass is 401 g/mol. The Labute approximate surface area is 172 Å². The fourth-order valence-electron chi connectivity index (χ4n) is 3.35. The van der Waals surface area contributed by atoms with Gasteiger partial charge in [-0.2, -0.15) is 0 Å². The van der Waals surface area contributed by atoms with Crippen molar-refractivity contribution in [1.29, 1.82) is 0 Å². The Hall–Kier alpha value is -4.33. The van der Waals surface area contributed by atoms with Crippen LogP contribution in [0.5, 0.6) is 0 Å². The van der Waals surface area contributed by atoms with Gasteiger partial charge in [0, 0.05) is 41.4 Å². The molecule has 1 aliphatic rings. The van der Waals surface area contributed by atoms with Crippen molar-refractivity contribution in [1.82, 2.24) is 4.98 Å². The van der Waals surface area contributed by atoms with Crippen LogP contribution >= 0.6 is 0 Å². The lowest BCUT2D eigenvalue weighted by molar-refractivity contribution is -0.114. The van der Waals surface area contributed by atoms with Gasteiger partial charge in [0.15, 0.2) is 0 Å². The first-order valence-electron chi connectivity index (χ1n) is 9.19. The van der Waals surface area contributed by atoms with Crippen LogP contribution in [0.25, 0.3) is 22.8 Å². The van der Waals surface area contributed by atoms with Crippen LogP contribution in [0.15, 0.2) is 54.7 Å². The number of benzene rings is 2. The van der Waals surface area contributed by atoms with Crippen LogP contribution in [0.2, 0.25) is 0 Å². The van der Waals surface area contributed by atoms with E-state index in [4.69, 9.17) is 5.73 Å². The maximum atomic E-state index is 12.4. The molecular formula is C22H19N5O3. The Morgan fingerprint density at radius 2 is 1.80 bits per heavy atom. The lowest BCUT2D eigenvalue weighted by Gasteiger charge is -2.04. The molecule has 2 aromatic carbocycles. The first-order chi connectivity index (χ1) is 14.4. The van der Waals surface area contributed by atoms with Gasteiger partial charge in [0.2, 0.25) is 5.91 Å². The maximum absolute atomic E-state index is 12.4. The molecule has 0 saturated heterocycles. The molecule has 1 aromatic heterocycles. The fourth-order valence-corrected chi connectivity index (χ4v) is 3.35. The second kappa shape index (κ2) is 7.59. The largest absolute Gasteiger partial charge is 0.361 e. The lowest BCUT2D eigenvalue weighted by Crippen LogP contribution is -2.19. The number of anilines is 3. The second-order valence-corrected chi connectivity index (χ2v) is 6.87. The summed E-state index contributed by atoms with van der Waals surface area (Å²) in [7, 11) is 0. The van der Waals surface area contributed by atoms with Crippen molar-refractivity contribution in [3.63, 3.8) is 0 Å². The molecule has 1 aliphatic heterocycles. The molecule has 6 N–H and O–H groups in total. The van der Waals surface area contributed by atoms with Crippen molar-refractivity contribution < 1.29 is 14.4 Å². The molecule has 8 heteroatoms. The van der Waals surface area contributed by atoms with Gasteiger partial charge >= 0.3 is 6.03 Å². The van der Waals surface area contributed by atoms with Gasteiger partial charge in [-0.1, -0.05) is 12.1 Å². The van der Waals surface area contributed by atoms with E-state index in [1.807, 2.05) is 36.5 Å². The van der Waals surface area contributed by atoms with E-state index in [1.54, 1.807) is 24.3 Å². The number of carbonyl (C=O) groups is 3. The number of primary amides is 1. The number of aromatic amines is 1. The molecule has 4 amide bonds. The zero-order chi connectivity index (χ0) is 21.3. The summed E-state index contributed by atoms with van der Waals surface area (Å²) in [6, 6.07) is 13.8. The number of carbonyl (C=O) groups excluding carboxylic acids is 3. The van der Waals surface area contributed by atoms with E-state index in [0.29, 0.717) is 28.2 Å². The van der Waals surface area contributed by atoms with E-state index in [-0.39, 0.29) is 11.8 Å². The molecule has 0 aliphatic carbocycles. The maximum Gasteiger partial charge on any atom is 0.316 e. The van der Waals surface area contributed by atoms with Gasteiger partial charge in [0.25, 0.3) is 5.91 Å². The van der Waals surface area contributed by atoms with Gasteiger partial charge in [0.1, 0.15) is 0 Å². The Bertz CT molecular complexity index is 1210. The number of H-pyrrole nitrogens is 1. The van der Waals surface area contributed by atoms with Crippen LogP contribution in [0.1, 0.15) is 18.2 Å². The third-order valence-corrected chi connectivity index (χ3v) is 4.59. The third kappa shape index (κ3) is 3.93. The fraction of sp³-hybridized carbons (Fsp3) is 0.0455. The summed E-state index contributed by atoms with van der Waals surface area (Å²) in [5.41, 5.74) is 10.8. The summed E-state index contributed by atoms with van der Waals surface area (Å²) in [6.07, 6.45) is 3.58. The van der Waals surface area contributed by atoms with Crippen LogP contribution < -0.4 is 21.7 Å². The van der Waals surface area contributed by atoms with Crippen LogP contribution in [0.3, 0.4) is 0 Å². The van der Waals surface area contributed by atoms with E-state index in [0.717, 1.165) is 16.8 Å². The summed E-state index contributed by atoms with van der Waals surface area (Å²) < 4.78 is 0. The molecule has 8 nitrogen and oxygen atoms in total. The highest BCUT2D eigenvalue weighted by Crippen LogP contribution is 2.35. The first-order valence-corrected chi connectivity index (χ1v) is 9.19. The molecule has 4 rings (SSSR count). The molecule has 2 heterocycles. The number of hydrogen-bond donors (Lipinski definition) is 5. The van der Waals surface area contributed by atoms with Crippen LogP contribution in [-0.2, 0) is 9.59 Å². The SMILES string of the molecule is CC(=O)Nc1cccc(-c2c[nH]c(C=C3C(=O)Nc4ccc(NC(N)=O)cc43)c2)c1. The second-order valence-electron chi connectivity index (χ2n) is 6.87. The summed E-state index contributed by atoms with van der Waals surface area (Å²) >= 11 is 0. The summed E-state index contributed by atoms with van der Waals surface area (Å²) in [6.45, 7) is 1.46. The molecule has 3 aromatic rings. The van der Waals surface area contributed by atoms with Gasteiger partial charge in [-0.3, -0.25) is 9.59 Å². The van der Waals surface area contributed by atoms with Gasteiger partial charge in [0.05, 0.1) is 5.57 Å². The smallest absolute Gasteiger partial charge is 0.316 e. The van der Waals surface area contributed by atoms with Crippen molar-refractivity contribution in [3.8, 4) is 11.1 Å². The highest BCUT2D eigenvalue weighted by molar-refractivity contribution is 6.35. The summed E-state index contributed by atoms with van der Waals surface area (Å²) in [5, 5.41) is 8.08. The van der Waals surface area contributed by atoms with Gasteiger partial charge in [-0.15, -0.1) is 0 Å². The Balaban J connectivity index is 1.65. The van der Waals surface area contributed by atoms with Crippen molar-refractivity contribution >= 4 is 46.6 Å². The van der Waals surface area contributed by atoms with Crippen LogP contribution in [0, 0.1) is 0 Å². The number of amides is 4. The predicted molar refractivity (Wildman–Crippen MR) is 117 cm³/mol. The Morgan fingerprint density at radius 3 is 2.57 bits per heavy atom. The first kappa shape index (κ1) is 19.0. The number of urea groups is 1. The van der Waals surface area contributed by atoms with Crippen LogP contribution in [-0.4, -0.2) is 22.8 Å². The normalized spacial score (nSPS) is 13.6. The minimum Gasteiger partial charge on any atom is -0.361 e. The van der Waals surface area contributed by atoms with Crippen molar-refractivity contribution in [2.75, 3.05) is 16.0 Å². The number of fused-ring (bicyclic) bond motifs is 1. The molecular weight excluding hydrogens is 382 g/mol. The molecule has 0 bridgehead atoms. The standard InChI is InChI=1S/C22H19N5O3/c1-12(28)25-15-4-2-3-13(7-15)14-8-17(24-11-14)10-19-18-9-16(26-22(23)30)5-6-20(18)27-21(19)29/h2-11,24H,1H3,(H,25,28)(H,27,29)(H3,23,26,30). The minimum atomic E-state index is -0.673. The molecule has 150 valence electrons. The highest BCUT2D eigenvalue weighted by atomic mass is 16.2. The number of nitrogens with two attached hydrogens (primary N) is 1.